The van der Waals surface area contributed by atoms with Crippen molar-refractivity contribution in [3.63, 3.8) is 0 Å². The lowest BCUT2D eigenvalue weighted by Crippen LogP contribution is -2.39. The lowest BCUT2D eigenvalue weighted by molar-refractivity contribution is 0.160. The van der Waals surface area contributed by atoms with Gasteiger partial charge in [-0.2, -0.15) is 0 Å². The maximum Gasteiger partial charge on any atom is 0.0856 e. The molecule has 3 rings (SSSR count). The second-order valence-corrected chi connectivity index (χ2v) is 4.62. The molecule has 2 saturated heterocycles. The summed E-state index contributed by atoms with van der Waals surface area (Å²) in [4.78, 5) is 2.55. The van der Waals surface area contributed by atoms with Crippen molar-refractivity contribution >= 4 is 0 Å². The van der Waals surface area contributed by atoms with Gasteiger partial charge in [-0.3, -0.25) is 5.10 Å². The minimum absolute atomic E-state index is 0.641. The number of aromatic amines is 1. The number of H-pyrrole nitrogens is 1. The molecule has 4 nitrogen and oxygen atoms in total. The smallest absolute Gasteiger partial charge is 0.0856 e. The van der Waals surface area contributed by atoms with E-state index in [0.29, 0.717) is 5.92 Å². The Morgan fingerprint density at radius 3 is 2.64 bits per heavy atom. The predicted octanol–water partition coefficient (Wildman–Crippen LogP) is 1.14. The molecule has 76 valence electrons. The summed E-state index contributed by atoms with van der Waals surface area (Å²) in [6.45, 7) is 0. The Morgan fingerprint density at radius 2 is 2.07 bits per heavy atom. The van der Waals surface area contributed by atoms with Crippen LogP contribution in [0.25, 0.3) is 0 Å². The number of nitrogens with zero attached hydrogens (tertiary/aromatic N) is 3. The number of aromatic nitrogens is 3. The predicted molar refractivity (Wildman–Crippen MR) is 52.9 cm³/mol. The van der Waals surface area contributed by atoms with E-state index in [1.165, 1.54) is 25.7 Å². The second kappa shape index (κ2) is 3.05. The minimum atomic E-state index is 0.641. The van der Waals surface area contributed by atoms with Crippen molar-refractivity contribution < 1.29 is 0 Å². The number of hydrogen-bond acceptors (Lipinski definition) is 3. The van der Waals surface area contributed by atoms with E-state index in [1.807, 2.05) is 6.20 Å². The first-order valence-corrected chi connectivity index (χ1v) is 5.43. The van der Waals surface area contributed by atoms with Crippen LogP contribution in [0.1, 0.15) is 37.3 Å². The topological polar surface area (TPSA) is 44.8 Å². The fourth-order valence-corrected chi connectivity index (χ4v) is 3.06. The molecule has 2 atom stereocenters. The Labute approximate surface area is 83.7 Å². The van der Waals surface area contributed by atoms with Crippen LogP contribution in [0.15, 0.2) is 6.20 Å². The Morgan fingerprint density at radius 1 is 1.36 bits per heavy atom. The van der Waals surface area contributed by atoms with Gasteiger partial charge in [0.15, 0.2) is 0 Å². The van der Waals surface area contributed by atoms with E-state index in [1.54, 1.807) is 0 Å². The zero-order valence-electron chi connectivity index (χ0n) is 8.48. The summed E-state index contributed by atoms with van der Waals surface area (Å²) >= 11 is 0. The van der Waals surface area contributed by atoms with Crippen LogP contribution in [-0.2, 0) is 0 Å². The first-order chi connectivity index (χ1) is 6.84. The van der Waals surface area contributed by atoms with Crippen molar-refractivity contribution in [2.45, 2.75) is 43.7 Å². The molecule has 0 aliphatic carbocycles. The van der Waals surface area contributed by atoms with Crippen LogP contribution >= 0.6 is 0 Å². The molecular weight excluding hydrogens is 176 g/mol. The quantitative estimate of drug-likeness (QED) is 0.726. The molecule has 0 amide bonds. The van der Waals surface area contributed by atoms with Gasteiger partial charge in [0.1, 0.15) is 0 Å². The van der Waals surface area contributed by atoms with Crippen LogP contribution in [0.4, 0.5) is 0 Å². The van der Waals surface area contributed by atoms with E-state index in [-0.39, 0.29) is 0 Å². The van der Waals surface area contributed by atoms with Gasteiger partial charge in [-0.1, -0.05) is 5.21 Å². The van der Waals surface area contributed by atoms with Crippen LogP contribution < -0.4 is 0 Å². The third-order valence-corrected chi connectivity index (χ3v) is 3.95. The molecule has 2 unspecified atom stereocenters. The largest absolute Gasteiger partial charge is 0.300 e. The van der Waals surface area contributed by atoms with Gasteiger partial charge >= 0.3 is 0 Å². The second-order valence-electron chi connectivity index (χ2n) is 4.62. The Hall–Kier alpha value is -0.900. The number of fused-ring (bicyclic) bond motifs is 2. The summed E-state index contributed by atoms with van der Waals surface area (Å²) < 4.78 is 0. The van der Waals surface area contributed by atoms with E-state index >= 15 is 0 Å². The average Bonchev–Trinajstić information content (AvgIpc) is 2.75. The lowest BCUT2D eigenvalue weighted by Gasteiger charge is -2.35. The van der Waals surface area contributed by atoms with Crippen molar-refractivity contribution in [2.24, 2.45) is 0 Å². The van der Waals surface area contributed by atoms with Crippen LogP contribution in [0.3, 0.4) is 0 Å². The molecular formula is C10H16N4. The highest BCUT2D eigenvalue weighted by Gasteiger charge is 2.39. The molecule has 2 aliphatic rings. The molecule has 3 heterocycles. The molecule has 4 heteroatoms. The van der Waals surface area contributed by atoms with E-state index in [9.17, 15) is 0 Å². The Balaban J connectivity index is 1.80. The zero-order valence-corrected chi connectivity index (χ0v) is 8.48. The van der Waals surface area contributed by atoms with Crippen LogP contribution in [0, 0.1) is 0 Å². The Kier molecular flexibility index (Phi) is 1.83. The molecule has 1 aromatic rings. The van der Waals surface area contributed by atoms with Gasteiger partial charge < -0.3 is 4.90 Å². The summed E-state index contributed by atoms with van der Waals surface area (Å²) in [5.74, 6) is 0.641. The van der Waals surface area contributed by atoms with Gasteiger partial charge in [-0.05, 0) is 32.7 Å². The van der Waals surface area contributed by atoms with E-state index in [4.69, 9.17) is 0 Å². The average molecular weight is 192 g/mol. The molecule has 0 spiro atoms. The summed E-state index contributed by atoms with van der Waals surface area (Å²) in [6.07, 6.45) is 7.22. The van der Waals surface area contributed by atoms with Crippen molar-refractivity contribution in [1.29, 1.82) is 0 Å². The van der Waals surface area contributed by atoms with Gasteiger partial charge in [-0.25, -0.2) is 0 Å². The van der Waals surface area contributed by atoms with Gasteiger partial charge in [-0.15, -0.1) is 5.10 Å². The van der Waals surface area contributed by atoms with Gasteiger partial charge in [0.25, 0.3) is 0 Å². The molecule has 2 fully saturated rings. The number of piperidine rings is 1. The molecule has 1 aromatic heterocycles. The third-order valence-electron chi connectivity index (χ3n) is 3.95. The van der Waals surface area contributed by atoms with E-state index in [2.05, 4.69) is 27.4 Å². The van der Waals surface area contributed by atoms with E-state index < -0.39 is 0 Å². The first kappa shape index (κ1) is 8.41. The number of hydrogen-bond donors (Lipinski definition) is 1. The van der Waals surface area contributed by atoms with Crippen molar-refractivity contribution in [1.82, 2.24) is 20.3 Å². The SMILES string of the molecule is CN1C2CCC1CC(c1c[nH]nn1)C2. The highest BCUT2D eigenvalue weighted by molar-refractivity contribution is 5.08. The minimum Gasteiger partial charge on any atom is -0.300 e. The molecule has 0 aromatic carbocycles. The van der Waals surface area contributed by atoms with Gasteiger partial charge in [0.05, 0.1) is 5.69 Å². The lowest BCUT2D eigenvalue weighted by atomic mass is 9.89. The molecule has 2 aliphatic heterocycles. The molecule has 0 radical (unpaired) electrons. The monoisotopic (exact) mass is 192 g/mol. The molecule has 14 heavy (non-hydrogen) atoms. The van der Waals surface area contributed by atoms with Crippen molar-refractivity contribution in [3.8, 4) is 0 Å². The Bertz CT molecular complexity index is 294. The maximum absolute atomic E-state index is 4.14. The number of rotatable bonds is 1. The van der Waals surface area contributed by atoms with Crippen molar-refractivity contribution in [2.75, 3.05) is 7.05 Å². The van der Waals surface area contributed by atoms with Gasteiger partial charge in [0, 0.05) is 24.2 Å². The highest BCUT2D eigenvalue weighted by Crippen LogP contribution is 2.41. The molecule has 0 saturated carbocycles. The molecule has 2 bridgehead atoms. The zero-order chi connectivity index (χ0) is 9.54. The maximum atomic E-state index is 4.14. The van der Waals surface area contributed by atoms with Gasteiger partial charge in [0.2, 0.25) is 0 Å². The summed E-state index contributed by atoms with van der Waals surface area (Å²) in [6, 6.07) is 1.57. The normalized spacial score (nSPS) is 37.6. The fourth-order valence-electron chi connectivity index (χ4n) is 3.06. The summed E-state index contributed by atoms with van der Waals surface area (Å²) in [5.41, 5.74) is 1.16. The highest BCUT2D eigenvalue weighted by atomic mass is 15.3. The van der Waals surface area contributed by atoms with Crippen LogP contribution in [0.5, 0.6) is 0 Å². The standard InChI is InChI=1S/C10H16N4/c1-14-8-2-3-9(14)5-7(4-8)10-6-11-13-12-10/h6-9H,2-5H2,1H3,(H,11,12,13). The summed E-state index contributed by atoms with van der Waals surface area (Å²) in [7, 11) is 2.27. The van der Waals surface area contributed by atoms with Crippen LogP contribution in [0.2, 0.25) is 0 Å². The summed E-state index contributed by atoms with van der Waals surface area (Å²) in [5, 5.41) is 10.7. The van der Waals surface area contributed by atoms with Crippen LogP contribution in [-0.4, -0.2) is 39.4 Å². The third kappa shape index (κ3) is 1.17. The fraction of sp³-hybridized carbons (Fsp3) is 0.800. The number of nitrogens with one attached hydrogen (secondary N) is 1. The molecule has 1 N–H and O–H groups in total. The van der Waals surface area contributed by atoms with Crippen molar-refractivity contribution in [3.05, 3.63) is 11.9 Å². The first-order valence-electron chi connectivity index (χ1n) is 5.43. The van der Waals surface area contributed by atoms with E-state index in [0.717, 1.165) is 17.8 Å².